The second kappa shape index (κ2) is 7.94. The molecule has 1 aliphatic heterocycles. The van der Waals surface area contributed by atoms with Gasteiger partial charge in [-0.1, -0.05) is 0 Å². The number of anilines is 3. The van der Waals surface area contributed by atoms with Crippen molar-refractivity contribution < 1.29 is 9.84 Å². The van der Waals surface area contributed by atoms with Gasteiger partial charge in [-0.25, -0.2) is 9.97 Å². The molecule has 0 radical (unpaired) electrons. The van der Waals surface area contributed by atoms with Crippen molar-refractivity contribution in [1.82, 2.24) is 9.97 Å². The number of aromatic hydroxyl groups is 1. The number of nitrogens with one attached hydrogen (secondary N) is 1. The molecule has 1 aliphatic rings. The molecule has 1 saturated heterocycles. The van der Waals surface area contributed by atoms with Crippen LogP contribution in [0, 0.1) is 11.3 Å². The highest BCUT2D eigenvalue weighted by Gasteiger charge is 2.11. The number of ether oxygens (including phenoxy) is 1. The summed E-state index contributed by atoms with van der Waals surface area (Å²) in [7, 11) is 0. The molecule has 140 valence electrons. The van der Waals surface area contributed by atoms with Gasteiger partial charge in [-0.2, -0.15) is 5.26 Å². The topological polar surface area (TPSA) is 94.3 Å². The molecule has 7 heteroatoms. The van der Waals surface area contributed by atoms with E-state index in [-0.39, 0.29) is 11.3 Å². The second-order valence-corrected chi connectivity index (χ2v) is 6.38. The van der Waals surface area contributed by atoms with Gasteiger partial charge in [0.15, 0.2) is 0 Å². The van der Waals surface area contributed by atoms with Gasteiger partial charge in [0.1, 0.15) is 11.8 Å². The van der Waals surface area contributed by atoms with E-state index in [1.165, 1.54) is 6.07 Å². The van der Waals surface area contributed by atoms with Gasteiger partial charge in [-0.05, 0) is 48.5 Å². The Morgan fingerprint density at radius 3 is 2.61 bits per heavy atom. The zero-order valence-corrected chi connectivity index (χ0v) is 15.2. The first-order chi connectivity index (χ1) is 13.7. The Bertz CT molecular complexity index is 1010. The molecule has 4 rings (SSSR count). The molecular weight excluding hydrogens is 354 g/mol. The zero-order chi connectivity index (χ0) is 19.3. The van der Waals surface area contributed by atoms with Crippen LogP contribution in [0.15, 0.2) is 54.7 Å². The van der Waals surface area contributed by atoms with E-state index >= 15 is 0 Å². The Morgan fingerprint density at radius 2 is 1.86 bits per heavy atom. The van der Waals surface area contributed by atoms with Gasteiger partial charge in [-0.15, -0.1) is 0 Å². The minimum absolute atomic E-state index is 0.0426. The van der Waals surface area contributed by atoms with Crippen molar-refractivity contribution in [2.75, 3.05) is 36.5 Å². The minimum Gasteiger partial charge on any atom is -0.507 e. The molecule has 2 heterocycles. The summed E-state index contributed by atoms with van der Waals surface area (Å²) < 4.78 is 5.39. The van der Waals surface area contributed by atoms with Crippen LogP contribution in [0.5, 0.6) is 5.75 Å². The Labute approximate surface area is 162 Å². The number of nitrogens with zero attached hydrogens (tertiary/aromatic N) is 4. The number of nitriles is 1. The molecule has 0 atom stereocenters. The van der Waals surface area contributed by atoms with Crippen LogP contribution in [0.4, 0.5) is 17.3 Å². The first-order valence-corrected chi connectivity index (χ1v) is 8.99. The van der Waals surface area contributed by atoms with E-state index in [1.807, 2.05) is 18.2 Å². The van der Waals surface area contributed by atoms with Gasteiger partial charge in [0, 0.05) is 36.2 Å². The van der Waals surface area contributed by atoms with Crippen LogP contribution in [0.1, 0.15) is 5.56 Å². The smallest absolute Gasteiger partial charge is 0.227 e. The van der Waals surface area contributed by atoms with Crippen LogP contribution < -0.4 is 10.2 Å². The van der Waals surface area contributed by atoms with Crippen LogP contribution >= 0.6 is 0 Å². The van der Waals surface area contributed by atoms with Gasteiger partial charge >= 0.3 is 0 Å². The van der Waals surface area contributed by atoms with E-state index < -0.39 is 0 Å². The first-order valence-electron chi connectivity index (χ1n) is 8.99. The molecule has 0 aliphatic carbocycles. The molecule has 0 spiro atoms. The fraction of sp³-hybridized carbons (Fsp3) is 0.190. The lowest BCUT2D eigenvalue weighted by Crippen LogP contribution is -2.36. The van der Waals surface area contributed by atoms with E-state index in [0.717, 1.165) is 43.2 Å². The molecule has 1 aromatic heterocycles. The Kier molecular flexibility index (Phi) is 5.04. The lowest BCUT2D eigenvalue weighted by molar-refractivity contribution is 0.122. The predicted octanol–water partition coefficient (Wildman–Crippen LogP) is 3.30. The zero-order valence-electron chi connectivity index (χ0n) is 15.2. The quantitative estimate of drug-likeness (QED) is 0.724. The largest absolute Gasteiger partial charge is 0.507 e. The fourth-order valence-electron chi connectivity index (χ4n) is 3.07. The first kappa shape index (κ1) is 17.8. The van der Waals surface area contributed by atoms with Crippen molar-refractivity contribution in [2.24, 2.45) is 0 Å². The molecule has 2 aromatic carbocycles. The number of morpholine rings is 1. The molecule has 7 nitrogen and oxygen atoms in total. The summed E-state index contributed by atoms with van der Waals surface area (Å²) in [6.45, 7) is 3.31. The summed E-state index contributed by atoms with van der Waals surface area (Å²) in [6, 6.07) is 16.7. The number of hydrogen-bond donors (Lipinski definition) is 2. The monoisotopic (exact) mass is 373 g/mol. The number of phenolic OH excluding ortho intramolecular Hbond substituents is 1. The Morgan fingerprint density at radius 1 is 1.07 bits per heavy atom. The number of aromatic nitrogens is 2. The predicted molar refractivity (Wildman–Crippen MR) is 107 cm³/mol. The lowest BCUT2D eigenvalue weighted by atomic mass is 10.1. The summed E-state index contributed by atoms with van der Waals surface area (Å²) in [5, 5.41) is 22.0. The van der Waals surface area contributed by atoms with Crippen molar-refractivity contribution in [2.45, 2.75) is 0 Å². The van der Waals surface area contributed by atoms with Crippen molar-refractivity contribution in [1.29, 1.82) is 5.26 Å². The third-order valence-corrected chi connectivity index (χ3v) is 4.57. The van der Waals surface area contributed by atoms with Crippen LogP contribution in [-0.2, 0) is 4.74 Å². The second-order valence-electron chi connectivity index (χ2n) is 6.38. The maximum absolute atomic E-state index is 9.67. The number of hydrogen-bond acceptors (Lipinski definition) is 7. The third-order valence-electron chi connectivity index (χ3n) is 4.57. The summed E-state index contributed by atoms with van der Waals surface area (Å²) in [6.07, 6.45) is 1.66. The standard InChI is InChI=1S/C21H19N5O2/c22-14-16-13-15(1-6-20(16)27)19-7-8-23-21(25-19)24-17-2-4-18(5-3-17)26-9-11-28-12-10-26/h1-8,13,27H,9-12H2,(H,23,24,25). The summed E-state index contributed by atoms with van der Waals surface area (Å²) >= 11 is 0. The van der Waals surface area contributed by atoms with Crippen LogP contribution in [-0.4, -0.2) is 41.4 Å². The Hall–Kier alpha value is -3.63. The van der Waals surface area contributed by atoms with Crippen LogP contribution in [0.25, 0.3) is 11.3 Å². The number of benzene rings is 2. The van der Waals surface area contributed by atoms with Crippen LogP contribution in [0.3, 0.4) is 0 Å². The van der Waals surface area contributed by atoms with Gasteiger partial charge in [0.2, 0.25) is 5.95 Å². The molecule has 0 bridgehead atoms. The Balaban J connectivity index is 1.51. The van der Waals surface area contributed by atoms with E-state index in [1.54, 1.807) is 24.4 Å². The molecule has 1 fully saturated rings. The van der Waals surface area contributed by atoms with E-state index in [9.17, 15) is 5.11 Å². The average Bonchev–Trinajstić information content (AvgIpc) is 2.75. The molecule has 2 N–H and O–H groups in total. The number of rotatable bonds is 4. The van der Waals surface area contributed by atoms with E-state index in [0.29, 0.717) is 11.6 Å². The fourth-order valence-corrected chi connectivity index (χ4v) is 3.07. The van der Waals surface area contributed by atoms with Crippen molar-refractivity contribution >= 4 is 17.3 Å². The molecule has 0 saturated carbocycles. The van der Waals surface area contributed by atoms with Gasteiger partial charge in [-0.3, -0.25) is 0 Å². The molecule has 0 amide bonds. The third kappa shape index (κ3) is 3.87. The summed E-state index contributed by atoms with van der Waals surface area (Å²) in [5.41, 5.74) is 3.67. The van der Waals surface area contributed by atoms with Crippen molar-refractivity contribution in [3.63, 3.8) is 0 Å². The molecule has 3 aromatic rings. The van der Waals surface area contributed by atoms with Crippen molar-refractivity contribution in [3.8, 4) is 23.1 Å². The minimum atomic E-state index is -0.0426. The number of phenols is 1. The lowest BCUT2D eigenvalue weighted by Gasteiger charge is -2.28. The maximum atomic E-state index is 9.67. The highest BCUT2D eigenvalue weighted by atomic mass is 16.5. The normalized spacial score (nSPS) is 13.8. The van der Waals surface area contributed by atoms with Gasteiger partial charge < -0.3 is 20.1 Å². The highest BCUT2D eigenvalue weighted by Crippen LogP contribution is 2.25. The summed E-state index contributed by atoms with van der Waals surface area (Å²) in [5.74, 6) is 0.419. The van der Waals surface area contributed by atoms with Gasteiger partial charge in [0.05, 0.1) is 24.5 Å². The SMILES string of the molecule is N#Cc1cc(-c2ccnc(Nc3ccc(N4CCOCC4)cc3)n2)ccc1O. The highest BCUT2D eigenvalue weighted by molar-refractivity contribution is 5.66. The van der Waals surface area contributed by atoms with Crippen LogP contribution in [0.2, 0.25) is 0 Å². The van der Waals surface area contributed by atoms with E-state index in [2.05, 4.69) is 32.3 Å². The van der Waals surface area contributed by atoms with Gasteiger partial charge in [0.25, 0.3) is 0 Å². The maximum Gasteiger partial charge on any atom is 0.227 e. The molecular formula is C21H19N5O2. The van der Waals surface area contributed by atoms with E-state index in [4.69, 9.17) is 10.00 Å². The van der Waals surface area contributed by atoms with Crippen molar-refractivity contribution in [3.05, 3.63) is 60.3 Å². The summed E-state index contributed by atoms with van der Waals surface area (Å²) in [4.78, 5) is 11.1. The molecule has 0 unspecified atom stereocenters. The molecule has 28 heavy (non-hydrogen) atoms. The average molecular weight is 373 g/mol.